The van der Waals surface area contributed by atoms with Crippen LogP contribution >= 0.6 is 12.2 Å². The molecule has 4 heteroatoms. The van der Waals surface area contributed by atoms with E-state index in [1.165, 1.54) is 6.08 Å². The molecule has 0 fully saturated rings. The summed E-state index contributed by atoms with van der Waals surface area (Å²) in [5, 5.41) is 3.64. The number of benzene rings is 1. The van der Waals surface area contributed by atoms with E-state index in [9.17, 15) is 4.79 Å². The van der Waals surface area contributed by atoms with Crippen LogP contribution in [0.5, 0.6) is 0 Å². The van der Waals surface area contributed by atoms with Gasteiger partial charge in [0.1, 0.15) is 0 Å². The Morgan fingerprint density at radius 1 is 1.46 bits per heavy atom. The van der Waals surface area contributed by atoms with Gasteiger partial charge in [-0.15, -0.1) is 0 Å². The molecule has 1 aromatic rings. The molecule has 0 saturated heterocycles. The zero-order chi connectivity index (χ0) is 9.26. The van der Waals surface area contributed by atoms with Crippen molar-refractivity contribution in [3.63, 3.8) is 0 Å². The van der Waals surface area contributed by atoms with Gasteiger partial charge in [-0.3, -0.25) is 4.79 Å². The van der Waals surface area contributed by atoms with Crippen molar-refractivity contribution in [2.24, 2.45) is 9.98 Å². The van der Waals surface area contributed by atoms with Gasteiger partial charge in [-0.2, -0.15) is 4.99 Å². The Balaban J connectivity index is 2.87. The van der Waals surface area contributed by atoms with Crippen LogP contribution in [-0.4, -0.2) is 11.1 Å². The fourth-order valence-corrected chi connectivity index (χ4v) is 1.31. The SMILES string of the molecule is O=C1C=c2c(N=C=S)cccc2=N1. The lowest BCUT2D eigenvalue weighted by atomic mass is 10.2. The molecule has 13 heavy (non-hydrogen) atoms. The Bertz CT molecular complexity index is 541. The average molecular weight is 188 g/mol. The Hall–Kier alpha value is -1.64. The molecule has 62 valence electrons. The van der Waals surface area contributed by atoms with Gasteiger partial charge in [0.05, 0.1) is 16.2 Å². The molecule has 1 amide bonds. The average Bonchev–Trinajstić information content (AvgIpc) is 2.47. The molecule has 0 unspecified atom stereocenters. The number of fused-ring (bicyclic) bond motifs is 1. The summed E-state index contributed by atoms with van der Waals surface area (Å²) in [6.07, 6.45) is 1.45. The molecule has 0 spiro atoms. The normalized spacial score (nSPS) is 12.5. The molecule has 0 aromatic heterocycles. The lowest BCUT2D eigenvalue weighted by Gasteiger charge is -1.88. The Morgan fingerprint density at radius 2 is 2.31 bits per heavy atom. The predicted octanol–water partition coefficient (Wildman–Crippen LogP) is 0.361. The summed E-state index contributed by atoms with van der Waals surface area (Å²) >= 11 is 4.49. The van der Waals surface area contributed by atoms with Gasteiger partial charge >= 0.3 is 0 Å². The molecule has 0 N–H and O–H groups in total. The first-order valence-electron chi connectivity index (χ1n) is 3.62. The summed E-state index contributed by atoms with van der Waals surface area (Å²) in [4.78, 5) is 18.6. The molecule has 0 saturated carbocycles. The van der Waals surface area contributed by atoms with Crippen LogP contribution in [0.15, 0.2) is 28.2 Å². The van der Waals surface area contributed by atoms with Crippen molar-refractivity contribution in [1.29, 1.82) is 0 Å². The van der Waals surface area contributed by atoms with Crippen LogP contribution in [-0.2, 0) is 4.79 Å². The number of isothiocyanates is 1. The summed E-state index contributed by atoms with van der Waals surface area (Å²) in [5.41, 5.74) is 0.641. The van der Waals surface area contributed by atoms with Crippen molar-refractivity contribution in [2.75, 3.05) is 0 Å². The van der Waals surface area contributed by atoms with E-state index in [1.807, 2.05) is 0 Å². The summed E-state index contributed by atoms with van der Waals surface area (Å²) < 4.78 is 0. The minimum absolute atomic E-state index is 0.248. The van der Waals surface area contributed by atoms with Gasteiger partial charge in [0.15, 0.2) is 0 Å². The molecule has 1 aliphatic heterocycles. The highest BCUT2D eigenvalue weighted by Gasteiger charge is 2.05. The number of amides is 1. The van der Waals surface area contributed by atoms with E-state index >= 15 is 0 Å². The fraction of sp³-hybridized carbons (Fsp3) is 0. The van der Waals surface area contributed by atoms with Crippen molar-refractivity contribution in [2.45, 2.75) is 0 Å². The third kappa shape index (κ3) is 1.33. The largest absolute Gasteiger partial charge is 0.271 e. The van der Waals surface area contributed by atoms with Crippen LogP contribution in [0.25, 0.3) is 6.08 Å². The van der Waals surface area contributed by atoms with Crippen LogP contribution in [0.4, 0.5) is 5.69 Å². The minimum atomic E-state index is -0.248. The minimum Gasteiger partial charge on any atom is -0.267 e. The van der Waals surface area contributed by atoms with Crippen molar-refractivity contribution in [3.8, 4) is 0 Å². The first-order valence-corrected chi connectivity index (χ1v) is 4.03. The van der Waals surface area contributed by atoms with Crippen LogP contribution < -0.4 is 10.6 Å². The zero-order valence-electron chi connectivity index (χ0n) is 6.52. The topological polar surface area (TPSA) is 41.8 Å². The second-order valence-electron chi connectivity index (χ2n) is 2.51. The highest BCUT2D eigenvalue weighted by Crippen LogP contribution is 2.01. The predicted molar refractivity (Wildman–Crippen MR) is 51.4 cm³/mol. The Labute approximate surface area is 79.1 Å². The van der Waals surface area contributed by atoms with Crippen LogP contribution in [0.3, 0.4) is 0 Å². The number of thiocarbonyl (C=S) groups is 1. The molecule has 2 rings (SSSR count). The van der Waals surface area contributed by atoms with Crippen LogP contribution in [0.2, 0.25) is 0 Å². The molecule has 1 aliphatic rings. The summed E-state index contributed by atoms with van der Waals surface area (Å²) in [6.45, 7) is 0. The third-order valence-electron chi connectivity index (χ3n) is 1.72. The summed E-state index contributed by atoms with van der Waals surface area (Å²) in [7, 11) is 0. The number of aliphatic imine (C=N–C) groups is 1. The molecule has 0 atom stereocenters. The molecule has 0 radical (unpaired) electrons. The van der Waals surface area contributed by atoms with Gasteiger partial charge < -0.3 is 0 Å². The molecule has 0 aliphatic carbocycles. The van der Waals surface area contributed by atoms with E-state index < -0.39 is 0 Å². The van der Waals surface area contributed by atoms with Crippen molar-refractivity contribution in [3.05, 3.63) is 28.8 Å². The zero-order valence-corrected chi connectivity index (χ0v) is 7.34. The van der Waals surface area contributed by atoms with E-state index in [1.54, 1.807) is 18.2 Å². The molecule has 3 nitrogen and oxygen atoms in total. The monoisotopic (exact) mass is 188 g/mol. The highest BCUT2D eigenvalue weighted by atomic mass is 32.1. The van der Waals surface area contributed by atoms with Gasteiger partial charge in [-0.25, -0.2) is 4.99 Å². The van der Waals surface area contributed by atoms with Gasteiger partial charge in [0.2, 0.25) is 0 Å². The van der Waals surface area contributed by atoms with E-state index in [0.717, 1.165) is 5.22 Å². The van der Waals surface area contributed by atoms with Crippen LogP contribution in [0, 0.1) is 0 Å². The standard InChI is InChI=1S/C9H4N2OS/c12-9-4-6-7(10-5-13)2-1-3-8(6)11-9/h1-4H. The molecular weight excluding hydrogens is 184 g/mol. The van der Waals surface area contributed by atoms with E-state index in [-0.39, 0.29) is 5.91 Å². The molecule has 1 aromatic carbocycles. The fourth-order valence-electron chi connectivity index (χ4n) is 1.21. The summed E-state index contributed by atoms with van der Waals surface area (Å²) in [6, 6.07) is 5.31. The first-order chi connectivity index (χ1) is 6.31. The smallest absolute Gasteiger partial charge is 0.267 e. The maximum absolute atomic E-state index is 10.9. The quantitative estimate of drug-likeness (QED) is 0.471. The molecule has 0 bridgehead atoms. The number of hydrogen-bond donors (Lipinski definition) is 0. The van der Waals surface area contributed by atoms with Crippen molar-refractivity contribution < 1.29 is 4.79 Å². The first kappa shape index (κ1) is 7.98. The van der Waals surface area contributed by atoms with Gasteiger partial charge in [0.25, 0.3) is 5.91 Å². The van der Waals surface area contributed by atoms with E-state index in [0.29, 0.717) is 11.0 Å². The van der Waals surface area contributed by atoms with Crippen LogP contribution in [0.1, 0.15) is 0 Å². The Morgan fingerprint density at radius 3 is 3.08 bits per heavy atom. The highest BCUT2D eigenvalue weighted by molar-refractivity contribution is 7.78. The lowest BCUT2D eigenvalue weighted by Crippen LogP contribution is -2.20. The maximum Gasteiger partial charge on any atom is 0.271 e. The summed E-state index contributed by atoms with van der Waals surface area (Å²) in [5.74, 6) is -0.248. The maximum atomic E-state index is 10.9. The second-order valence-corrected chi connectivity index (χ2v) is 2.69. The van der Waals surface area contributed by atoms with Crippen molar-refractivity contribution in [1.82, 2.24) is 0 Å². The van der Waals surface area contributed by atoms with E-state index in [4.69, 9.17) is 0 Å². The number of rotatable bonds is 1. The van der Waals surface area contributed by atoms with Gasteiger partial charge in [-0.1, -0.05) is 6.07 Å². The third-order valence-corrected chi connectivity index (χ3v) is 1.82. The number of nitrogens with zero attached hydrogens (tertiary/aromatic N) is 2. The number of hydrogen-bond acceptors (Lipinski definition) is 3. The molecular formula is C9H4N2OS. The Kier molecular flexibility index (Phi) is 1.85. The van der Waals surface area contributed by atoms with Crippen molar-refractivity contribution >= 4 is 35.0 Å². The second kappa shape index (κ2) is 3.01. The molecule has 1 heterocycles. The van der Waals surface area contributed by atoms with E-state index in [2.05, 4.69) is 27.4 Å². The van der Waals surface area contributed by atoms with Gasteiger partial charge in [-0.05, 0) is 24.4 Å². The lowest BCUT2D eigenvalue weighted by molar-refractivity contribution is -0.112. The number of carbonyl (C=O) groups excluding carboxylic acids is 1. The van der Waals surface area contributed by atoms with Gasteiger partial charge in [0, 0.05) is 11.3 Å². The number of carbonyl (C=O) groups is 1.